The molecule has 0 spiro atoms. The van der Waals surface area contributed by atoms with Gasteiger partial charge in [0.05, 0.1) is 11.7 Å². The molecule has 0 heterocycles. The zero-order valence-electron chi connectivity index (χ0n) is 14.6. The summed E-state index contributed by atoms with van der Waals surface area (Å²) in [5, 5.41) is 20.3. The molecule has 0 aromatic heterocycles. The van der Waals surface area contributed by atoms with Crippen molar-refractivity contribution in [3.8, 4) is 0 Å². The molecule has 0 bridgehead atoms. The van der Waals surface area contributed by atoms with E-state index in [1.807, 2.05) is 13.8 Å². The summed E-state index contributed by atoms with van der Waals surface area (Å²) < 4.78 is 0. The molecular formula is C19H36O2. The minimum Gasteiger partial charge on any atom is -0.393 e. The Balaban J connectivity index is 1.97. The number of aliphatic hydroxyl groups is 2. The van der Waals surface area contributed by atoms with Gasteiger partial charge in [0.15, 0.2) is 0 Å². The lowest BCUT2D eigenvalue weighted by atomic mass is 9.52. The molecule has 2 N–H and O–H groups in total. The van der Waals surface area contributed by atoms with Crippen LogP contribution in [0.25, 0.3) is 0 Å². The third kappa shape index (κ3) is 4.01. The minimum absolute atomic E-state index is 0.0601. The maximum atomic E-state index is 10.4. The van der Waals surface area contributed by atoms with Gasteiger partial charge < -0.3 is 10.2 Å². The van der Waals surface area contributed by atoms with Crippen LogP contribution in [0.5, 0.6) is 0 Å². The zero-order valence-corrected chi connectivity index (χ0v) is 14.6. The second-order valence-corrected chi connectivity index (χ2v) is 8.79. The Bertz CT molecular complexity index is 333. The molecule has 5 atom stereocenters. The molecule has 0 aromatic carbocycles. The van der Waals surface area contributed by atoms with Crippen LogP contribution in [0.2, 0.25) is 0 Å². The van der Waals surface area contributed by atoms with Crippen LogP contribution < -0.4 is 0 Å². The van der Waals surface area contributed by atoms with Crippen molar-refractivity contribution in [3.05, 3.63) is 0 Å². The van der Waals surface area contributed by atoms with E-state index in [9.17, 15) is 10.2 Å². The van der Waals surface area contributed by atoms with E-state index in [4.69, 9.17) is 0 Å². The average Bonchev–Trinajstić information content (AvgIpc) is 2.36. The van der Waals surface area contributed by atoms with E-state index in [0.717, 1.165) is 25.2 Å². The van der Waals surface area contributed by atoms with Crippen molar-refractivity contribution in [1.29, 1.82) is 0 Å². The summed E-state index contributed by atoms with van der Waals surface area (Å²) in [5.74, 6) is 2.00. The summed E-state index contributed by atoms with van der Waals surface area (Å²) in [6.45, 7) is 8.68. The number of fused-ring (bicyclic) bond motifs is 1. The predicted molar refractivity (Wildman–Crippen MR) is 88.1 cm³/mol. The summed E-state index contributed by atoms with van der Waals surface area (Å²) in [6, 6.07) is 0. The lowest BCUT2D eigenvalue weighted by molar-refractivity contribution is -0.0930. The summed E-state index contributed by atoms with van der Waals surface area (Å²) in [6.07, 6.45) is 10.5. The van der Waals surface area contributed by atoms with Gasteiger partial charge in [0.25, 0.3) is 0 Å². The molecule has 0 aromatic rings. The maximum Gasteiger partial charge on any atom is 0.0591 e. The van der Waals surface area contributed by atoms with Crippen LogP contribution in [0.4, 0.5) is 0 Å². The predicted octanol–water partition coefficient (Wildman–Crippen LogP) is 4.53. The number of hydrogen-bond donors (Lipinski definition) is 2. The highest BCUT2D eigenvalue weighted by atomic mass is 16.3. The molecule has 2 aliphatic rings. The Labute approximate surface area is 131 Å². The fourth-order valence-electron chi connectivity index (χ4n) is 5.38. The van der Waals surface area contributed by atoms with E-state index in [-0.39, 0.29) is 6.10 Å². The Morgan fingerprint density at radius 2 is 1.90 bits per heavy atom. The molecule has 124 valence electrons. The van der Waals surface area contributed by atoms with Gasteiger partial charge in [-0.2, -0.15) is 0 Å². The lowest BCUT2D eigenvalue weighted by Gasteiger charge is -2.54. The van der Waals surface area contributed by atoms with Gasteiger partial charge in [-0.1, -0.05) is 39.5 Å². The molecule has 0 amide bonds. The van der Waals surface area contributed by atoms with E-state index in [1.165, 1.54) is 38.5 Å². The second-order valence-electron chi connectivity index (χ2n) is 8.79. The van der Waals surface area contributed by atoms with Gasteiger partial charge >= 0.3 is 0 Å². The van der Waals surface area contributed by atoms with Gasteiger partial charge in [0.2, 0.25) is 0 Å². The Morgan fingerprint density at radius 3 is 2.57 bits per heavy atom. The average molecular weight is 296 g/mol. The Kier molecular flexibility index (Phi) is 5.41. The van der Waals surface area contributed by atoms with Gasteiger partial charge in [0.1, 0.15) is 0 Å². The summed E-state index contributed by atoms with van der Waals surface area (Å²) >= 11 is 0. The van der Waals surface area contributed by atoms with E-state index in [2.05, 4.69) is 13.8 Å². The first-order valence-corrected chi connectivity index (χ1v) is 9.14. The number of aliphatic hydroxyl groups excluding tert-OH is 1. The van der Waals surface area contributed by atoms with Crippen molar-refractivity contribution in [2.45, 2.75) is 97.2 Å². The molecule has 2 rings (SSSR count). The van der Waals surface area contributed by atoms with Crippen molar-refractivity contribution < 1.29 is 10.2 Å². The molecule has 2 heteroatoms. The van der Waals surface area contributed by atoms with Crippen LogP contribution in [0.1, 0.15) is 85.5 Å². The molecule has 2 fully saturated rings. The third-order valence-electron chi connectivity index (χ3n) is 6.54. The lowest BCUT2D eigenvalue weighted by Crippen LogP contribution is -2.49. The normalized spacial score (nSPS) is 38.9. The van der Waals surface area contributed by atoms with Gasteiger partial charge in [0, 0.05) is 0 Å². The fourth-order valence-corrected chi connectivity index (χ4v) is 5.38. The summed E-state index contributed by atoms with van der Waals surface area (Å²) in [4.78, 5) is 0. The number of rotatable bonds is 5. The molecule has 0 radical (unpaired) electrons. The largest absolute Gasteiger partial charge is 0.393 e. The third-order valence-corrected chi connectivity index (χ3v) is 6.54. The highest BCUT2D eigenvalue weighted by Gasteiger charge is 2.49. The second kappa shape index (κ2) is 6.58. The minimum atomic E-state index is -0.528. The molecule has 0 saturated heterocycles. The van der Waals surface area contributed by atoms with Gasteiger partial charge in [-0.3, -0.25) is 0 Å². The summed E-state index contributed by atoms with van der Waals surface area (Å²) in [5.41, 5.74) is -0.177. The molecular weight excluding hydrogens is 260 g/mol. The van der Waals surface area contributed by atoms with Crippen LogP contribution >= 0.6 is 0 Å². The first-order chi connectivity index (χ1) is 9.74. The molecule has 2 saturated carbocycles. The van der Waals surface area contributed by atoms with Crippen molar-refractivity contribution in [2.24, 2.45) is 23.2 Å². The molecule has 21 heavy (non-hydrogen) atoms. The zero-order chi connectivity index (χ0) is 15.7. The quantitative estimate of drug-likeness (QED) is 0.782. The molecule has 0 unspecified atom stereocenters. The highest BCUT2D eigenvalue weighted by molar-refractivity contribution is 4.99. The van der Waals surface area contributed by atoms with Crippen LogP contribution in [0, 0.1) is 23.2 Å². The Morgan fingerprint density at radius 1 is 1.19 bits per heavy atom. The Hall–Kier alpha value is -0.0800. The molecule has 2 aliphatic carbocycles. The first kappa shape index (κ1) is 17.3. The van der Waals surface area contributed by atoms with Crippen LogP contribution in [-0.2, 0) is 0 Å². The van der Waals surface area contributed by atoms with E-state index in [1.54, 1.807) is 0 Å². The maximum absolute atomic E-state index is 10.4. The summed E-state index contributed by atoms with van der Waals surface area (Å²) in [7, 11) is 0. The fraction of sp³-hybridized carbons (Fsp3) is 1.00. The van der Waals surface area contributed by atoms with Crippen molar-refractivity contribution in [3.63, 3.8) is 0 Å². The van der Waals surface area contributed by atoms with Crippen molar-refractivity contribution in [1.82, 2.24) is 0 Å². The van der Waals surface area contributed by atoms with E-state index >= 15 is 0 Å². The standard InChI is InChI=1S/C19H36O2/c1-14(8-6-12-18(2,3)21)15-9-5-10-16-17(20)11-7-13-19(15,16)4/h14-17,20-21H,5-13H2,1-4H3/t14-,15-,16-,17+,19-/m1/s1. The molecule has 0 aliphatic heterocycles. The van der Waals surface area contributed by atoms with E-state index < -0.39 is 5.60 Å². The van der Waals surface area contributed by atoms with Gasteiger partial charge in [-0.15, -0.1) is 0 Å². The first-order valence-electron chi connectivity index (χ1n) is 9.14. The van der Waals surface area contributed by atoms with Crippen LogP contribution in [0.3, 0.4) is 0 Å². The van der Waals surface area contributed by atoms with Crippen molar-refractivity contribution >= 4 is 0 Å². The van der Waals surface area contributed by atoms with Crippen LogP contribution in [0.15, 0.2) is 0 Å². The SMILES string of the molecule is C[C@H](CCCC(C)(C)O)[C@H]1CCC[C@@H]2[C@@H](O)CCC[C@]12C. The highest BCUT2D eigenvalue weighted by Crippen LogP contribution is 2.56. The number of hydrogen-bond acceptors (Lipinski definition) is 2. The van der Waals surface area contributed by atoms with E-state index in [0.29, 0.717) is 17.3 Å². The van der Waals surface area contributed by atoms with Gasteiger partial charge in [-0.25, -0.2) is 0 Å². The smallest absolute Gasteiger partial charge is 0.0591 e. The monoisotopic (exact) mass is 296 g/mol. The molecule has 2 nitrogen and oxygen atoms in total. The van der Waals surface area contributed by atoms with Crippen LogP contribution in [-0.4, -0.2) is 21.9 Å². The van der Waals surface area contributed by atoms with Crippen molar-refractivity contribution in [2.75, 3.05) is 0 Å². The van der Waals surface area contributed by atoms with Gasteiger partial charge in [-0.05, 0) is 69.1 Å². The topological polar surface area (TPSA) is 40.5 Å².